The molecule has 0 bridgehead atoms. The molecule has 0 saturated heterocycles. The van der Waals surface area contributed by atoms with Gasteiger partial charge in [-0.05, 0) is 19.0 Å². The third-order valence-electron chi connectivity index (χ3n) is 1.13. The third-order valence-corrected chi connectivity index (χ3v) is 1.82. The lowest BCUT2D eigenvalue weighted by Crippen LogP contribution is -1.85. The molecule has 0 aliphatic carbocycles. The molecule has 9 heavy (non-hydrogen) atoms. The van der Waals surface area contributed by atoms with Crippen LogP contribution in [0.2, 0.25) is 0 Å². The quantitative estimate of drug-likeness (QED) is 0.447. The van der Waals surface area contributed by atoms with Crippen molar-refractivity contribution in [3.8, 4) is 0 Å². The van der Waals surface area contributed by atoms with Crippen molar-refractivity contribution < 1.29 is 4.79 Å². The van der Waals surface area contributed by atoms with Gasteiger partial charge in [-0.1, -0.05) is 15.7 Å². The summed E-state index contributed by atoms with van der Waals surface area (Å²) < 4.78 is 0. The average Bonchev–Trinajstić information content (AvgIpc) is 1.80. The van der Waals surface area contributed by atoms with Crippen molar-refractivity contribution >= 4 is 24.0 Å². The Morgan fingerprint density at radius 1 is 1.22 bits per heavy atom. The van der Waals surface area contributed by atoms with Gasteiger partial charge in [0.2, 0.25) is 0 Å². The van der Waals surface area contributed by atoms with E-state index in [0.29, 0.717) is 0 Å². The Hall–Kier alpha value is 0.530. The van der Waals surface area contributed by atoms with Crippen molar-refractivity contribution in [3.05, 3.63) is 0 Å². The van der Waals surface area contributed by atoms with Crippen LogP contribution in [0.3, 0.4) is 0 Å². The molecule has 0 aromatic carbocycles. The predicted octanol–water partition coefficient (Wildman–Crippen LogP) is 1.82. The van der Waals surface area contributed by atoms with E-state index in [1.54, 1.807) is 0 Å². The molecule has 54 valence electrons. The van der Waals surface area contributed by atoms with Crippen LogP contribution in [0.4, 0.5) is 0 Å². The molecule has 0 spiro atoms. The van der Waals surface area contributed by atoms with Gasteiger partial charge in [0.25, 0.3) is 0 Å². The van der Waals surface area contributed by atoms with Gasteiger partial charge >= 0.3 is 0 Å². The molecule has 0 aromatic heterocycles. The lowest BCUT2D eigenvalue weighted by molar-refractivity contribution is -0.111. The van der Waals surface area contributed by atoms with Gasteiger partial charge in [-0.2, -0.15) is 0 Å². The fraction of sp³-hybridized carbons (Fsp3) is 0.833. The second-order valence-electron chi connectivity index (χ2n) is 2.07. The first-order valence-corrected chi connectivity index (χ1v) is 4.65. The topological polar surface area (TPSA) is 17.1 Å². The van der Waals surface area contributed by atoms with Crippen LogP contribution >= 0.6 is 18.5 Å². The molecule has 1 nitrogen and oxygen atoms in total. The number of unbranched alkanes of at least 4 members (excludes halogenated alkanes) is 2. The minimum atomic E-state index is 0.235. The van der Waals surface area contributed by atoms with Crippen molar-refractivity contribution in [1.29, 1.82) is 0 Å². The Labute approximate surface area is 61.4 Å². The van der Waals surface area contributed by atoms with E-state index in [2.05, 4.69) is 18.5 Å². The Kier molecular flexibility index (Phi) is 7.04. The monoisotopic (exact) mass is 164 g/mol. The summed E-state index contributed by atoms with van der Waals surface area (Å²) in [6, 6.07) is 0. The molecule has 0 aliphatic rings. The normalized spacial score (nSPS) is 9.56. The van der Waals surface area contributed by atoms with Crippen LogP contribution in [0.25, 0.3) is 0 Å². The van der Waals surface area contributed by atoms with Crippen LogP contribution in [-0.4, -0.2) is 11.7 Å². The van der Waals surface area contributed by atoms with Gasteiger partial charge in [-0.15, -0.1) is 9.24 Å². The summed E-state index contributed by atoms with van der Waals surface area (Å²) in [4.78, 5) is 10.4. The molecule has 0 fully saturated rings. The van der Waals surface area contributed by atoms with Crippen molar-refractivity contribution in [1.82, 2.24) is 0 Å². The minimum absolute atomic E-state index is 0.235. The van der Waals surface area contributed by atoms with E-state index in [0.717, 1.165) is 19.0 Å². The highest BCUT2D eigenvalue weighted by Gasteiger charge is 1.91. The summed E-state index contributed by atoms with van der Waals surface area (Å²) in [6.07, 6.45) is 5.35. The maximum absolute atomic E-state index is 10.4. The Morgan fingerprint density at radius 2 is 1.89 bits per heavy atom. The van der Waals surface area contributed by atoms with Crippen molar-refractivity contribution in [2.45, 2.75) is 25.7 Å². The molecule has 3 heteroatoms. The third kappa shape index (κ3) is 8.53. The summed E-state index contributed by atoms with van der Waals surface area (Å²) >= 11 is 0. The minimum Gasteiger partial charge on any atom is -0.295 e. The number of hydrogen-bond acceptors (Lipinski definition) is 1. The van der Waals surface area contributed by atoms with Gasteiger partial charge in [0.15, 0.2) is 0 Å². The molecule has 0 aliphatic heterocycles. The first-order chi connectivity index (χ1) is 4.27. The molecule has 0 radical (unpaired) electrons. The SMILES string of the molecule is O=C(P)CCCCCP. The van der Waals surface area contributed by atoms with E-state index >= 15 is 0 Å². The number of rotatable bonds is 5. The van der Waals surface area contributed by atoms with Crippen LogP contribution in [0.15, 0.2) is 0 Å². The van der Waals surface area contributed by atoms with Crippen LogP contribution in [-0.2, 0) is 4.79 Å². The molecule has 0 N–H and O–H groups in total. The summed E-state index contributed by atoms with van der Waals surface area (Å²) in [5, 5.41) is 0. The van der Waals surface area contributed by atoms with Crippen molar-refractivity contribution in [2.24, 2.45) is 0 Å². The second kappa shape index (κ2) is 6.65. The summed E-state index contributed by atoms with van der Waals surface area (Å²) in [5.41, 5.74) is 0.235. The maximum atomic E-state index is 10.4. The average molecular weight is 164 g/mol. The summed E-state index contributed by atoms with van der Waals surface area (Å²) in [7, 11) is 4.88. The van der Waals surface area contributed by atoms with E-state index < -0.39 is 0 Å². The zero-order valence-electron chi connectivity index (χ0n) is 5.60. The van der Waals surface area contributed by atoms with E-state index in [4.69, 9.17) is 0 Å². The van der Waals surface area contributed by atoms with Gasteiger partial charge in [0, 0.05) is 6.42 Å². The highest BCUT2D eigenvalue weighted by atomic mass is 31.0. The van der Waals surface area contributed by atoms with E-state index in [-0.39, 0.29) is 5.52 Å². The van der Waals surface area contributed by atoms with E-state index in [9.17, 15) is 4.79 Å². The van der Waals surface area contributed by atoms with Crippen LogP contribution in [0, 0.1) is 0 Å². The fourth-order valence-corrected chi connectivity index (χ4v) is 1.11. The molecule has 2 unspecified atom stereocenters. The number of hydrogen-bond donors (Lipinski definition) is 0. The van der Waals surface area contributed by atoms with E-state index in [1.807, 2.05) is 0 Å². The Balaban J connectivity index is 2.83. The lowest BCUT2D eigenvalue weighted by atomic mass is 10.2. The van der Waals surface area contributed by atoms with Gasteiger partial charge in [0.05, 0.1) is 0 Å². The fourth-order valence-electron chi connectivity index (χ4n) is 0.620. The van der Waals surface area contributed by atoms with E-state index in [1.165, 1.54) is 12.8 Å². The van der Waals surface area contributed by atoms with Crippen molar-refractivity contribution in [2.75, 3.05) is 6.16 Å². The zero-order valence-corrected chi connectivity index (χ0v) is 7.91. The maximum Gasteiger partial charge on any atom is 0.148 e. The smallest absolute Gasteiger partial charge is 0.148 e. The Morgan fingerprint density at radius 3 is 2.33 bits per heavy atom. The van der Waals surface area contributed by atoms with Gasteiger partial charge in [-0.25, -0.2) is 0 Å². The van der Waals surface area contributed by atoms with Crippen LogP contribution in [0.5, 0.6) is 0 Å². The standard InChI is InChI=1S/C6H14OP2/c7-6(9)4-2-1-3-5-8/h1-5,8-9H2. The molecule has 0 amide bonds. The summed E-state index contributed by atoms with van der Waals surface area (Å²) in [6.45, 7) is 0. The van der Waals surface area contributed by atoms with Gasteiger partial charge in [0.1, 0.15) is 5.52 Å². The van der Waals surface area contributed by atoms with Gasteiger partial charge in [-0.3, -0.25) is 4.79 Å². The second-order valence-corrected chi connectivity index (χ2v) is 3.29. The largest absolute Gasteiger partial charge is 0.295 e. The lowest BCUT2D eigenvalue weighted by Gasteiger charge is -1.93. The number of carbonyl (C=O) groups excluding carboxylic acids is 1. The number of carbonyl (C=O) groups is 1. The first-order valence-electron chi connectivity index (χ1n) is 3.25. The molecular weight excluding hydrogens is 150 g/mol. The molecule has 0 saturated carbocycles. The predicted molar refractivity (Wildman–Crippen MR) is 47.8 cm³/mol. The first kappa shape index (κ1) is 9.53. The van der Waals surface area contributed by atoms with Crippen LogP contribution < -0.4 is 0 Å². The molecular formula is C6H14OP2. The van der Waals surface area contributed by atoms with Crippen molar-refractivity contribution in [3.63, 3.8) is 0 Å². The summed E-state index contributed by atoms with van der Waals surface area (Å²) in [5.74, 6) is 0. The van der Waals surface area contributed by atoms with Gasteiger partial charge < -0.3 is 0 Å². The molecule has 0 aromatic rings. The van der Waals surface area contributed by atoms with Crippen LogP contribution in [0.1, 0.15) is 25.7 Å². The highest BCUT2D eigenvalue weighted by Crippen LogP contribution is 2.04. The Bertz CT molecular complexity index is 83.1. The highest BCUT2D eigenvalue weighted by molar-refractivity contribution is 7.40. The molecule has 0 rings (SSSR count). The molecule has 2 atom stereocenters. The molecule has 0 heterocycles. The zero-order chi connectivity index (χ0) is 7.11.